The van der Waals surface area contributed by atoms with E-state index in [1.54, 1.807) is 19.2 Å². The zero-order chi connectivity index (χ0) is 16.2. The van der Waals surface area contributed by atoms with Gasteiger partial charge in [0.05, 0.1) is 28.1 Å². The quantitative estimate of drug-likeness (QED) is 0.430. The first-order chi connectivity index (χ1) is 11.2. The number of hydrogen-bond acceptors (Lipinski definition) is 5. The Balaban J connectivity index is 1.89. The number of aromatic nitrogens is 2. The number of aromatic amines is 1. The minimum absolute atomic E-state index is 0.0568. The van der Waals surface area contributed by atoms with Gasteiger partial charge in [-0.1, -0.05) is 12.1 Å². The Hall–Kier alpha value is -3.22. The second-order valence-corrected chi connectivity index (χ2v) is 4.96. The molecule has 0 radical (unpaired) electrons. The van der Waals surface area contributed by atoms with Gasteiger partial charge in [-0.3, -0.25) is 10.1 Å². The number of hydrogen-bond donors (Lipinski definition) is 2. The molecule has 2 aromatic carbocycles. The van der Waals surface area contributed by atoms with Crippen LogP contribution in [0.5, 0.6) is 0 Å². The average molecular weight is 309 g/mol. The number of benzene rings is 2. The summed E-state index contributed by atoms with van der Waals surface area (Å²) in [4.78, 5) is 18.1. The van der Waals surface area contributed by atoms with Crippen LogP contribution in [0.15, 0.2) is 53.6 Å². The maximum absolute atomic E-state index is 10.7. The Morgan fingerprint density at radius 3 is 2.65 bits per heavy atom. The lowest BCUT2D eigenvalue weighted by molar-refractivity contribution is -0.384. The molecule has 0 saturated heterocycles. The van der Waals surface area contributed by atoms with Crippen molar-refractivity contribution in [2.75, 3.05) is 7.05 Å². The first-order valence-electron chi connectivity index (χ1n) is 7.09. The van der Waals surface area contributed by atoms with Gasteiger partial charge < -0.3 is 10.4 Å². The fourth-order valence-corrected chi connectivity index (χ4v) is 2.36. The molecule has 0 unspecified atom stereocenters. The van der Waals surface area contributed by atoms with Gasteiger partial charge in [-0.2, -0.15) is 5.10 Å². The first-order valence-corrected chi connectivity index (χ1v) is 7.09. The average Bonchev–Trinajstić information content (AvgIpc) is 2.97. The predicted molar refractivity (Wildman–Crippen MR) is 88.5 cm³/mol. The summed E-state index contributed by atoms with van der Waals surface area (Å²) in [5, 5.41) is 15.0. The van der Waals surface area contributed by atoms with Crippen molar-refractivity contribution in [1.29, 1.82) is 0 Å². The van der Waals surface area contributed by atoms with E-state index in [9.17, 15) is 10.1 Å². The zero-order valence-corrected chi connectivity index (χ0v) is 12.5. The van der Waals surface area contributed by atoms with E-state index >= 15 is 0 Å². The third-order valence-corrected chi connectivity index (χ3v) is 3.43. The molecule has 2 N–H and O–H groups in total. The second-order valence-electron chi connectivity index (χ2n) is 4.96. The molecule has 116 valence electrons. The van der Waals surface area contributed by atoms with Crippen molar-refractivity contribution in [3.8, 4) is 0 Å². The van der Waals surface area contributed by atoms with Crippen molar-refractivity contribution in [1.82, 2.24) is 15.4 Å². The number of rotatable bonds is 5. The highest BCUT2D eigenvalue weighted by Crippen LogP contribution is 2.16. The Morgan fingerprint density at radius 2 is 2.00 bits per heavy atom. The predicted octanol–water partition coefficient (Wildman–Crippen LogP) is 2.64. The summed E-state index contributed by atoms with van der Waals surface area (Å²) in [6, 6.07) is 14.1. The van der Waals surface area contributed by atoms with E-state index in [-0.39, 0.29) is 5.69 Å². The largest absolute Gasteiger partial charge is 0.342 e. The maximum atomic E-state index is 10.7. The summed E-state index contributed by atoms with van der Waals surface area (Å²) in [6.45, 7) is 0. The number of nitrogens with zero attached hydrogens (tertiary/aromatic N) is 3. The number of non-ortho nitro benzene ring substituents is 1. The fourth-order valence-electron chi connectivity index (χ4n) is 2.36. The molecule has 0 aliphatic carbocycles. The van der Waals surface area contributed by atoms with Crippen molar-refractivity contribution in [3.63, 3.8) is 0 Å². The Kier molecular flexibility index (Phi) is 4.01. The molecule has 0 bridgehead atoms. The van der Waals surface area contributed by atoms with Crippen molar-refractivity contribution >= 4 is 22.4 Å². The number of nitro benzene ring substituents is 1. The van der Waals surface area contributed by atoms with Crippen LogP contribution in [0.1, 0.15) is 11.4 Å². The molecule has 0 atom stereocenters. The minimum Gasteiger partial charge on any atom is -0.342 e. The van der Waals surface area contributed by atoms with Crippen LogP contribution in [-0.2, 0) is 6.42 Å². The Labute approximate surface area is 132 Å². The SMILES string of the molecule is CN/N=C(/Cc1nc2ccccc2[nH]1)c1ccc([N+](=O)[O-])cc1. The molecule has 23 heavy (non-hydrogen) atoms. The number of nitrogens with one attached hydrogen (secondary N) is 2. The van der Waals surface area contributed by atoms with Crippen LogP contribution >= 0.6 is 0 Å². The lowest BCUT2D eigenvalue weighted by Gasteiger charge is -2.05. The summed E-state index contributed by atoms with van der Waals surface area (Å²) in [7, 11) is 1.71. The topological polar surface area (TPSA) is 96.2 Å². The van der Waals surface area contributed by atoms with Gasteiger partial charge in [-0.15, -0.1) is 0 Å². The van der Waals surface area contributed by atoms with Crippen LogP contribution in [0.4, 0.5) is 5.69 Å². The molecule has 3 aromatic rings. The van der Waals surface area contributed by atoms with Crippen LogP contribution in [0.25, 0.3) is 11.0 Å². The number of hydrazone groups is 1. The van der Waals surface area contributed by atoms with Crippen LogP contribution in [-0.4, -0.2) is 27.7 Å². The molecule has 7 nitrogen and oxygen atoms in total. The second kappa shape index (κ2) is 6.27. The smallest absolute Gasteiger partial charge is 0.269 e. The number of H-pyrrole nitrogens is 1. The molecule has 0 saturated carbocycles. The Bertz CT molecular complexity index is 835. The third kappa shape index (κ3) is 3.18. The molecule has 0 aliphatic heterocycles. The molecule has 7 heteroatoms. The maximum Gasteiger partial charge on any atom is 0.269 e. The molecule has 0 fully saturated rings. The van der Waals surface area contributed by atoms with E-state index < -0.39 is 4.92 Å². The Morgan fingerprint density at radius 1 is 1.26 bits per heavy atom. The summed E-state index contributed by atoms with van der Waals surface area (Å²) >= 11 is 0. The van der Waals surface area contributed by atoms with Crippen LogP contribution in [0, 0.1) is 10.1 Å². The summed E-state index contributed by atoms with van der Waals surface area (Å²) in [5.41, 5.74) is 6.25. The summed E-state index contributed by atoms with van der Waals surface area (Å²) in [5.74, 6) is 0.790. The van der Waals surface area contributed by atoms with E-state index in [4.69, 9.17) is 0 Å². The van der Waals surface area contributed by atoms with Gasteiger partial charge in [0.25, 0.3) is 5.69 Å². The lowest BCUT2D eigenvalue weighted by Crippen LogP contribution is -2.11. The van der Waals surface area contributed by atoms with Gasteiger partial charge in [0.2, 0.25) is 0 Å². The van der Waals surface area contributed by atoms with Crippen LogP contribution < -0.4 is 5.43 Å². The van der Waals surface area contributed by atoms with Crippen molar-refractivity contribution in [2.45, 2.75) is 6.42 Å². The van der Waals surface area contributed by atoms with Gasteiger partial charge in [0.15, 0.2) is 0 Å². The van der Waals surface area contributed by atoms with Crippen LogP contribution in [0.3, 0.4) is 0 Å². The first kappa shape index (κ1) is 14.7. The highest BCUT2D eigenvalue weighted by atomic mass is 16.6. The van der Waals surface area contributed by atoms with Gasteiger partial charge >= 0.3 is 0 Å². The highest BCUT2D eigenvalue weighted by Gasteiger charge is 2.11. The van der Waals surface area contributed by atoms with Gasteiger partial charge in [-0.25, -0.2) is 4.98 Å². The van der Waals surface area contributed by atoms with Gasteiger partial charge in [-0.05, 0) is 29.8 Å². The summed E-state index contributed by atoms with van der Waals surface area (Å²) in [6.07, 6.45) is 0.493. The highest BCUT2D eigenvalue weighted by molar-refractivity contribution is 6.01. The summed E-state index contributed by atoms with van der Waals surface area (Å²) < 4.78 is 0. The molecule has 0 amide bonds. The van der Waals surface area contributed by atoms with Crippen molar-refractivity contribution in [2.24, 2.45) is 5.10 Å². The van der Waals surface area contributed by atoms with E-state index in [0.717, 1.165) is 28.1 Å². The minimum atomic E-state index is -0.419. The lowest BCUT2D eigenvalue weighted by atomic mass is 10.1. The van der Waals surface area contributed by atoms with E-state index in [0.29, 0.717) is 6.42 Å². The molecule has 0 spiro atoms. The number of para-hydroxylation sites is 2. The molecule has 0 aliphatic rings. The van der Waals surface area contributed by atoms with Crippen LogP contribution in [0.2, 0.25) is 0 Å². The fraction of sp³-hybridized carbons (Fsp3) is 0.125. The molecule has 1 heterocycles. The van der Waals surface area contributed by atoms with Crippen molar-refractivity contribution in [3.05, 3.63) is 70.0 Å². The molecule has 1 aromatic heterocycles. The molecular weight excluding hydrogens is 294 g/mol. The number of nitro groups is 1. The van der Waals surface area contributed by atoms with Gasteiger partial charge in [0.1, 0.15) is 5.82 Å². The van der Waals surface area contributed by atoms with E-state index in [1.807, 2.05) is 24.3 Å². The molecular formula is C16H15N5O2. The standard InChI is InChI=1S/C16H15N5O2/c1-17-20-15(11-6-8-12(9-7-11)21(22)23)10-16-18-13-4-2-3-5-14(13)19-16/h2-9,17H,10H2,1H3,(H,18,19)/b20-15-. The number of imidazole rings is 1. The van der Waals surface area contributed by atoms with E-state index in [2.05, 4.69) is 20.5 Å². The number of fused-ring (bicyclic) bond motifs is 1. The normalized spacial score (nSPS) is 11.6. The molecule has 3 rings (SSSR count). The third-order valence-electron chi connectivity index (χ3n) is 3.43. The van der Waals surface area contributed by atoms with E-state index in [1.165, 1.54) is 12.1 Å². The monoisotopic (exact) mass is 309 g/mol. The van der Waals surface area contributed by atoms with Crippen molar-refractivity contribution < 1.29 is 4.92 Å². The zero-order valence-electron chi connectivity index (χ0n) is 12.5. The van der Waals surface area contributed by atoms with Gasteiger partial charge in [0, 0.05) is 19.2 Å².